The van der Waals surface area contributed by atoms with Crippen molar-refractivity contribution in [2.24, 2.45) is 0 Å². The van der Waals surface area contributed by atoms with Crippen molar-refractivity contribution in [1.82, 2.24) is 9.13 Å². The molecular formula is C56H60N2O2. The minimum absolute atomic E-state index is 0.0494. The zero-order valence-electron chi connectivity index (χ0n) is 35.4. The Morgan fingerprint density at radius 2 is 0.617 bits per heavy atom. The number of para-hydroxylation sites is 4. The van der Waals surface area contributed by atoms with Crippen LogP contribution < -0.4 is 10.9 Å². The molecule has 4 heteroatoms. The number of rotatable bonds is 6. The molecule has 4 fully saturated rings. The van der Waals surface area contributed by atoms with Gasteiger partial charge < -0.3 is 9.13 Å². The average Bonchev–Trinajstić information content (AvgIpc) is 3.32. The van der Waals surface area contributed by atoms with Crippen molar-refractivity contribution in [3.8, 4) is 11.4 Å². The monoisotopic (exact) mass is 792 g/mol. The lowest BCUT2D eigenvalue weighted by Crippen LogP contribution is -2.19. The highest BCUT2D eigenvalue weighted by atomic mass is 16.1. The largest absolute Gasteiger partial charge is 0.308 e. The fourth-order valence-corrected chi connectivity index (χ4v) is 12.7. The normalized spacial score (nSPS) is 19.2. The Hall–Kier alpha value is -4.96. The van der Waals surface area contributed by atoms with E-state index in [1.54, 1.807) is 0 Å². The molecule has 0 radical (unpaired) electrons. The predicted octanol–water partition coefficient (Wildman–Crippen LogP) is 14.8. The van der Waals surface area contributed by atoms with E-state index in [1.165, 1.54) is 162 Å². The molecule has 0 N–H and O–H groups in total. The van der Waals surface area contributed by atoms with Crippen molar-refractivity contribution in [2.75, 3.05) is 0 Å². The van der Waals surface area contributed by atoms with E-state index in [0.717, 1.165) is 32.8 Å². The summed E-state index contributed by atoms with van der Waals surface area (Å²) in [6, 6.07) is 35.1. The molecule has 11 rings (SSSR count). The maximum absolute atomic E-state index is 15.2. The second-order valence-corrected chi connectivity index (χ2v) is 19.2. The van der Waals surface area contributed by atoms with Gasteiger partial charge in [0.05, 0.1) is 33.4 Å². The fraction of sp³-hybridized carbons (Fsp3) is 0.429. The van der Waals surface area contributed by atoms with Gasteiger partial charge in [-0.25, -0.2) is 0 Å². The van der Waals surface area contributed by atoms with Crippen LogP contribution in [0, 0.1) is 0 Å². The van der Waals surface area contributed by atoms with E-state index >= 15 is 9.59 Å². The number of hydrogen-bond acceptors (Lipinski definition) is 2. The molecule has 306 valence electrons. The third-order valence-electron chi connectivity index (χ3n) is 15.7. The van der Waals surface area contributed by atoms with Gasteiger partial charge in [0.15, 0.2) is 10.9 Å². The van der Waals surface area contributed by atoms with Crippen molar-refractivity contribution < 1.29 is 0 Å². The zero-order chi connectivity index (χ0) is 40.2. The molecule has 60 heavy (non-hydrogen) atoms. The van der Waals surface area contributed by atoms with E-state index in [-0.39, 0.29) is 10.9 Å². The van der Waals surface area contributed by atoms with Gasteiger partial charge in [-0.2, -0.15) is 0 Å². The van der Waals surface area contributed by atoms with Crippen molar-refractivity contribution >= 4 is 43.6 Å². The topological polar surface area (TPSA) is 44.0 Å². The Kier molecular flexibility index (Phi) is 10.2. The molecule has 4 aliphatic carbocycles. The lowest BCUT2D eigenvalue weighted by atomic mass is 9.78. The predicted molar refractivity (Wildman–Crippen MR) is 251 cm³/mol. The van der Waals surface area contributed by atoms with Gasteiger partial charge in [0.25, 0.3) is 0 Å². The Labute approximate surface area is 354 Å². The van der Waals surface area contributed by atoms with Crippen LogP contribution in [0.2, 0.25) is 0 Å². The van der Waals surface area contributed by atoms with Crippen molar-refractivity contribution in [1.29, 1.82) is 0 Å². The summed E-state index contributed by atoms with van der Waals surface area (Å²) in [4.78, 5) is 30.4. The lowest BCUT2D eigenvalue weighted by Gasteiger charge is -2.32. The smallest absolute Gasteiger partial charge is 0.197 e. The first-order valence-electron chi connectivity index (χ1n) is 24.0. The molecule has 0 atom stereocenters. The molecule has 4 aliphatic rings. The van der Waals surface area contributed by atoms with Crippen LogP contribution in [0.25, 0.3) is 55.0 Å². The molecule has 0 spiro atoms. The fourth-order valence-electron chi connectivity index (χ4n) is 12.7. The number of hydrogen-bond donors (Lipinski definition) is 0. The summed E-state index contributed by atoms with van der Waals surface area (Å²) in [6.45, 7) is 0. The van der Waals surface area contributed by atoms with Crippen LogP contribution in [-0.4, -0.2) is 9.13 Å². The van der Waals surface area contributed by atoms with Crippen LogP contribution in [0.1, 0.15) is 174 Å². The third kappa shape index (κ3) is 6.47. The molecular weight excluding hydrogens is 733 g/mol. The third-order valence-corrected chi connectivity index (χ3v) is 15.7. The van der Waals surface area contributed by atoms with Gasteiger partial charge in [0.2, 0.25) is 0 Å². The van der Waals surface area contributed by atoms with E-state index in [4.69, 9.17) is 0 Å². The first kappa shape index (κ1) is 38.0. The quantitative estimate of drug-likeness (QED) is 0.157. The van der Waals surface area contributed by atoms with Crippen molar-refractivity contribution in [2.45, 2.75) is 152 Å². The minimum Gasteiger partial charge on any atom is -0.308 e. The van der Waals surface area contributed by atoms with E-state index in [0.29, 0.717) is 34.4 Å². The van der Waals surface area contributed by atoms with Crippen LogP contribution in [0.5, 0.6) is 0 Å². The molecule has 0 saturated heterocycles. The summed E-state index contributed by atoms with van der Waals surface area (Å²) in [7, 11) is 0. The zero-order valence-corrected chi connectivity index (χ0v) is 35.4. The summed E-state index contributed by atoms with van der Waals surface area (Å²) >= 11 is 0. The highest BCUT2D eigenvalue weighted by molar-refractivity contribution is 6.05. The first-order valence-corrected chi connectivity index (χ1v) is 24.0. The summed E-state index contributed by atoms with van der Waals surface area (Å²) < 4.78 is 4.92. The lowest BCUT2D eigenvalue weighted by molar-refractivity contribution is 0.434. The Morgan fingerprint density at radius 1 is 0.317 bits per heavy atom. The van der Waals surface area contributed by atoms with Crippen LogP contribution in [-0.2, 0) is 0 Å². The van der Waals surface area contributed by atoms with Gasteiger partial charge >= 0.3 is 0 Å². The number of pyridine rings is 2. The molecule has 4 saturated carbocycles. The molecule has 0 unspecified atom stereocenters. The summed E-state index contributed by atoms with van der Waals surface area (Å²) in [5.41, 5.74) is 11.9. The maximum Gasteiger partial charge on any atom is 0.197 e. The number of fused-ring (bicyclic) bond motifs is 4. The standard InChI is InChI=1S/C56H60N2O2/c59-55-45-27-13-15-33-49(45)57(53-41(37-19-5-1-6-20-37)29-17-30-42(53)38-21-7-2-8-22-38)51-35-48-52(36-47(51)55)58(50-34-16-14-28-46(50)56(48)60)54-43(39-23-9-3-10-24-39)31-18-32-44(54)40-25-11-4-12-26-40/h13-18,27-40H,1-12,19-26H2. The van der Waals surface area contributed by atoms with Gasteiger partial charge in [-0.3, -0.25) is 9.59 Å². The number of nitrogens with zero attached hydrogens (tertiary/aromatic N) is 2. The summed E-state index contributed by atoms with van der Waals surface area (Å²) in [5, 5.41) is 2.90. The van der Waals surface area contributed by atoms with Crippen LogP contribution in [0.15, 0.2) is 107 Å². The van der Waals surface area contributed by atoms with Gasteiger partial charge in [0, 0.05) is 21.5 Å². The highest BCUT2D eigenvalue weighted by Gasteiger charge is 2.30. The van der Waals surface area contributed by atoms with Crippen LogP contribution >= 0.6 is 0 Å². The van der Waals surface area contributed by atoms with E-state index in [2.05, 4.69) is 81.9 Å². The maximum atomic E-state index is 15.2. The minimum atomic E-state index is 0.0494. The van der Waals surface area contributed by atoms with Crippen LogP contribution in [0.3, 0.4) is 0 Å². The molecule has 0 bridgehead atoms. The summed E-state index contributed by atoms with van der Waals surface area (Å²) in [6.07, 6.45) is 24.8. The SMILES string of the molecule is O=c1c2ccccc2n(-c2c(C3CCCCC3)cccc2C2CCCCC2)c2cc3c(=O)c4ccccc4n(-c4c(C5CCCCC5)cccc4C4CCCCC4)c3cc12. The number of benzene rings is 5. The Balaban J connectivity index is 1.28. The molecule has 2 heterocycles. The first-order chi connectivity index (χ1) is 29.7. The van der Waals surface area contributed by atoms with Gasteiger partial charge in [0.1, 0.15) is 0 Å². The average molecular weight is 793 g/mol. The van der Waals surface area contributed by atoms with E-state index < -0.39 is 0 Å². The van der Waals surface area contributed by atoms with E-state index in [1.807, 2.05) is 24.3 Å². The van der Waals surface area contributed by atoms with Gasteiger partial charge in [-0.1, -0.05) is 138 Å². The second kappa shape index (κ2) is 16.1. The second-order valence-electron chi connectivity index (χ2n) is 19.2. The van der Waals surface area contributed by atoms with Gasteiger partial charge in [-0.15, -0.1) is 0 Å². The van der Waals surface area contributed by atoms with Crippen molar-refractivity contribution in [3.05, 3.63) is 140 Å². The summed E-state index contributed by atoms with van der Waals surface area (Å²) in [5.74, 6) is 1.90. The Bertz CT molecular complexity index is 2590. The molecule has 0 amide bonds. The van der Waals surface area contributed by atoms with E-state index in [9.17, 15) is 0 Å². The highest BCUT2D eigenvalue weighted by Crippen LogP contribution is 2.46. The van der Waals surface area contributed by atoms with Gasteiger partial charge in [-0.05, 0) is 134 Å². The molecule has 7 aromatic rings. The molecule has 4 nitrogen and oxygen atoms in total. The van der Waals surface area contributed by atoms with Crippen molar-refractivity contribution in [3.63, 3.8) is 0 Å². The number of aromatic nitrogens is 2. The molecule has 5 aromatic carbocycles. The Morgan fingerprint density at radius 3 is 0.933 bits per heavy atom. The molecule has 2 aromatic heterocycles. The van der Waals surface area contributed by atoms with Crippen LogP contribution in [0.4, 0.5) is 0 Å². The molecule has 0 aliphatic heterocycles.